The van der Waals surface area contributed by atoms with E-state index in [2.05, 4.69) is 24.3 Å². The fourth-order valence-electron chi connectivity index (χ4n) is 2.70. The summed E-state index contributed by atoms with van der Waals surface area (Å²) < 4.78 is 6.03. The van der Waals surface area contributed by atoms with Crippen LogP contribution in [0.3, 0.4) is 0 Å². The van der Waals surface area contributed by atoms with Crippen molar-refractivity contribution < 1.29 is 4.74 Å². The van der Waals surface area contributed by atoms with Crippen LogP contribution in [0.15, 0.2) is 42.5 Å². The fraction of sp³-hybridized carbons (Fsp3) is 0.294. The van der Waals surface area contributed by atoms with Gasteiger partial charge in [0, 0.05) is 0 Å². The summed E-state index contributed by atoms with van der Waals surface area (Å²) in [5, 5.41) is 0. The Morgan fingerprint density at radius 3 is 2.74 bits per heavy atom. The molecule has 98 valence electrons. The molecule has 2 N–H and O–H groups in total. The van der Waals surface area contributed by atoms with Crippen LogP contribution in [-0.2, 0) is 19.3 Å². The molecule has 1 aliphatic carbocycles. The lowest BCUT2D eigenvalue weighted by atomic mass is 10.1. The van der Waals surface area contributed by atoms with Crippen LogP contribution in [-0.4, -0.2) is 6.54 Å². The average Bonchev–Trinajstić information content (AvgIpc) is 2.89. The molecule has 2 aromatic rings. The zero-order valence-corrected chi connectivity index (χ0v) is 11.1. The molecule has 0 radical (unpaired) electrons. The number of benzene rings is 2. The van der Waals surface area contributed by atoms with Crippen molar-refractivity contribution in [3.05, 3.63) is 59.2 Å². The van der Waals surface area contributed by atoms with E-state index in [9.17, 15) is 0 Å². The molecular formula is C17H19NO. The molecule has 0 spiro atoms. The molecular weight excluding hydrogens is 234 g/mol. The molecule has 0 atom stereocenters. The number of ether oxygens (including phenoxy) is 1. The van der Waals surface area contributed by atoms with E-state index in [0.29, 0.717) is 6.54 Å². The van der Waals surface area contributed by atoms with Gasteiger partial charge in [-0.3, -0.25) is 0 Å². The van der Waals surface area contributed by atoms with Crippen molar-refractivity contribution in [2.24, 2.45) is 5.73 Å². The predicted octanol–water partition coefficient (Wildman–Crippen LogP) is 3.47. The molecule has 2 nitrogen and oxygen atoms in total. The highest BCUT2D eigenvalue weighted by atomic mass is 16.5. The third kappa shape index (κ3) is 2.64. The van der Waals surface area contributed by atoms with E-state index < -0.39 is 0 Å². The first kappa shape index (κ1) is 12.2. The first-order chi connectivity index (χ1) is 9.36. The molecule has 0 saturated heterocycles. The van der Waals surface area contributed by atoms with Gasteiger partial charge in [-0.25, -0.2) is 0 Å². The third-order valence-electron chi connectivity index (χ3n) is 3.68. The molecule has 0 aliphatic heterocycles. The summed E-state index contributed by atoms with van der Waals surface area (Å²) >= 11 is 0. The van der Waals surface area contributed by atoms with E-state index in [-0.39, 0.29) is 0 Å². The number of nitrogens with two attached hydrogens (primary N) is 1. The lowest BCUT2D eigenvalue weighted by Crippen LogP contribution is -2.03. The monoisotopic (exact) mass is 253 g/mol. The van der Waals surface area contributed by atoms with Gasteiger partial charge in [0.1, 0.15) is 11.5 Å². The number of hydrogen-bond donors (Lipinski definition) is 1. The minimum atomic E-state index is 0.643. The van der Waals surface area contributed by atoms with Gasteiger partial charge in [0.15, 0.2) is 0 Å². The van der Waals surface area contributed by atoms with Crippen LogP contribution >= 0.6 is 0 Å². The highest BCUT2D eigenvalue weighted by Crippen LogP contribution is 2.30. The minimum Gasteiger partial charge on any atom is -0.457 e. The Balaban J connectivity index is 1.85. The lowest BCUT2D eigenvalue weighted by molar-refractivity contribution is 0.475. The maximum absolute atomic E-state index is 6.03. The molecule has 0 bridgehead atoms. The van der Waals surface area contributed by atoms with Crippen molar-refractivity contribution >= 4 is 0 Å². The summed E-state index contributed by atoms with van der Waals surface area (Å²) in [6, 6.07) is 14.6. The Labute approximate surface area is 114 Å². The van der Waals surface area contributed by atoms with Crippen LogP contribution in [0.4, 0.5) is 0 Å². The summed E-state index contributed by atoms with van der Waals surface area (Å²) in [4.78, 5) is 0. The maximum atomic E-state index is 6.03. The van der Waals surface area contributed by atoms with Crippen molar-refractivity contribution in [2.45, 2.75) is 25.7 Å². The Morgan fingerprint density at radius 2 is 1.84 bits per heavy atom. The zero-order chi connectivity index (χ0) is 13.1. The van der Waals surface area contributed by atoms with E-state index in [0.717, 1.165) is 17.9 Å². The van der Waals surface area contributed by atoms with Crippen LogP contribution < -0.4 is 10.5 Å². The number of hydrogen-bond acceptors (Lipinski definition) is 2. The van der Waals surface area contributed by atoms with Gasteiger partial charge in [-0.2, -0.15) is 0 Å². The van der Waals surface area contributed by atoms with E-state index >= 15 is 0 Å². The van der Waals surface area contributed by atoms with Crippen molar-refractivity contribution in [3.8, 4) is 11.5 Å². The van der Waals surface area contributed by atoms with Crippen molar-refractivity contribution in [1.29, 1.82) is 0 Å². The summed E-state index contributed by atoms with van der Waals surface area (Å²) in [6.45, 7) is 0.643. The Bertz CT molecular complexity index is 577. The molecule has 0 heterocycles. The summed E-state index contributed by atoms with van der Waals surface area (Å²) in [6.07, 6.45) is 4.50. The number of para-hydroxylation sites is 1. The average molecular weight is 253 g/mol. The van der Waals surface area contributed by atoms with Gasteiger partial charge in [-0.1, -0.05) is 24.3 Å². The normalized spacial score (nSPS) is 13.3. The SMILES string of the molecule is NCCc1ccccc1Oc1ccc2c(c1)CCC2. The maximum Gasteiger partial charge on any atom is 0.130 e. The molecule has 2 heteroatoms. The first-order valence-electron chi connectivity index (χ1n) is 6.94. The van der Waals surface area contributed by atoms with Crippen molar-refractivity contribution in [2.75, 3.05) is 6.54 Å². The lowest BCUT2D eigenvalue weighted by Gasteiger charge is -2.11. The van der Waals surface area contributed by atoms with E-state index in [1.54, 1.807) is 0 Å². The summed E-state index contributed by atoms with van der Waals surface area (Å²) in [5.41, 5.74) is 9.73. The summed E-state index contributed by atoms with van der Waals surface area (Å²) in [5.74, 6) is 1.86. The smallest absolute Gasteiger partial charge is 0.130 e. The van der Waals surface area contributed by atoms with Gasteiger partial charge < -0.3 is 10.5 Å². The first-order valence-corrected chi connectivity index (χ1v) is 6.94. The van der Waals surface area contributed by atoms with Crippen LogP contribution in [0, 0.1) is 0 Å². The Kier molecular flexibility index (Phi) is 3.51. The van der Waals surface area contributed by atoms with Gasteiger partial charge in [0.2, 0.25) is 0 Å². The van der Waals surface area contributed by atoms with Gasteiger partial charge in [0.05, 0.1) is 0 Å². The minimum absolute atomic E-state index is 0.643. The Morgan fingerprint density at radius 1 is 1.00 bits per heavy atom. The van der Waals surface area contributed by atoms with E-state index in [4.69, 9.17) is 10.5 Å². The standard InChI is InChI=1S/C17H19NO/c18-11-10-14-4-1-2-7-17(14)19-16-9-8-13-5-3-6-15(13)12-16/h1-2,4,7-9,12H,3,5-6,10-11,18H2. The summed E-state index contributed by atoms with van der Waals surface area (Å²) in [7, 11) is 0. The third-order valence-corrected chi connectivity index (χ3v) is 3.68. The molecule has 0 amide bonds. The van der Waals surface area contributed by atoms with Crippen LogP contribution in [0.5, 0.6) is 11.5 Å². The largest absolute Gasteiger partial charge is 0.457 e. The highest BCUT2D eigenvalue weighted by molar-refractivity contribution is 5.42. The molecule has 0 fully saturated rings. The Hall–Kier alpha value is -1.80. The van der Waals surface area contributed by atoms with E-state index in [1.807, 2.05) is 18.2 Å². The van der Waals surface area contributed by atoms with Crippen molar-refractivity contribution in [1.82, 2.24) is 0 Å². The van der Waals surface area contributed by atoms with Gasteiger partial charge >= 0.3 is 0 Å². The number of aryl methyl sites for hydroxylation is 2. The second-order valence-corrected chi connectivity index (χ2v) is 5.03. The number of rotatable bonds is 4. The van der Waals surface area contributed by atoms with Crippen LogP contribution in [0.2, 0.25) is 0 Å². The second kappa shape index (κ2) is 5.45. The quantitative estimate of drug-likeness (QED) is 0.905. The van der Waals surface area contributed by atoms with Gasteiger partial charge in [-0.15, -0.1) is 0 Å². The molecule has 0 unspecified atom stereocenters. The molecule has 1 aliphatic rings. The predicted molar refractivity (Wildman–Crippen MR) is 77.7 cm³/mol. The van der Waals surface area contributed by atoms with E-state index in [1.165, 1.54) is 36.0 Å². The highest BCUT2D eigenvalue weighted by Gasteiger charge is 2.12. The molecule has 3 rings (SSSR count). The molecule has 19 heavy (non-hydrogen) atoms. The fourth-order valence-corrected chi connectivity index (χ4v) is 2.70. The number of fused-ring (bicyclic) bond motifs is 1. The molecule has 2 aromatic carbocycles. The van der Waals surface area contributed by atoms with Crippen LogP contribution in [0.1, 0.15) is 23.1 Å². The molecule has 0 aromatic heterocycles. The molecule has 0 saturated carbocycles. The van der Waals surface area contributed by atoms with Gasteiger partial charge in [0.25, 0.3) is 0 Å². The topological polar surface area (TPSA) is 35.2 Å². The second-order valence-electron chi connectivity index (χ2n) is 5.03. The zero-order valence-electron chi connectivity index (χ0n) is 11.1. The van der Waals surface area contributed by atoms with Crippen molar-refractivity contribution in [3.63, 3.8) is 0 Å². The van der Waals surface area contributed by atoms with Gasteiger partial charge in [-0.05, 0) is 67.1 Å². The van der Waals surface area contributed by atoms with Crippen LogP contribution in [0.25, 0.3) is 0 Å².